The van der Waals surface area contributed by atoms with Crippen LogP contribution in [0.2, 0.25) is 0 Å². The summed E-state index contributed by atoms with van der Waals surface area (Å²) in [5.74, 6) is 4.92. The van der Waals surface area contributed by atoms with E-state index < -0.39 is 0 Å². The van der Waals surface area contributed by atoms with Crippen LogP contribution in [0.15, 0.2) is 183 Å². The number of hydrogen-bond acceptors (Lipinski definition) is 7. The van der Waals surface area contributed by atoms with Gasteiger partial charge in [0.2, 0.25) is 5.95 Å². The average molecular weight is 763 g/mol. The van der Waals surface area contributed by atoms with Crippen LogP contribution in [0.5, 0.6) is 23.0 Å². The van der Waals surface area contributed by atoms with Gasteiger partial charge in [0.05, 0.1) is 33.1 Å². The van der Waals surface area contributed by atoms with Crippen molar-refractivity contribution in [2.45, 2.75) is 0 Å². The smallest absolute Gasteiger partial charge is 0.237 e. The Balaban J connectivity index is 0.955. The highest BCUT2D eigenvalue weighted by Crippen LogP contribution is 2.40. The summed E-state index contributed by atoms with van der Waals surface area (Å²) in [4.78, 5) is 22.6. The molecule has 0 radical (unpaired) electrons. The van der Waals surface area contributed by atoms with Gasteiger partial charge in [-0.3, -0.25) is 13.7 Å². The van der Waals surface area contributed by atoms with Gasteiger partial charge in [-0.2, -0.15) is 0 Å². The summed E-state index contributed by atoms with van der Waals surface area (Å²) < 4.78 is 19.7. The number of pyridine rings is 2. The maximum absolute atomic E-state index is 6.64. The van der Waals surface area contributed by atoms with Crippen LogP contribution >= 0.6 is 0 Å². The Morgan fingerprint density at radius 1 is 0.322 bits per heavy atom. The van der Waals surface area contributed by atoms with Crippen molar-refractivity contribution in [1.82, 2.24) is 38.6 Å². The zero-order chi connectivity index (χ0) is 38.9. The Morgan fingerprint density at radius 3 is 1.10 bits per heavy atom. The van der Waals surface area contributed by atoms with Gasteiger partial charge in [0, 0.05) is 69.0 Å². The molecule has 6 heterocycles. The van der Waals surface area contributed by atoms with E-state index in [0.717, 1.165) is 77.1 Å². The SMILES string of the molecule is c1ccc(-n2c3ccccc3c3ccc(Oc4ccc5c6ccc(Oc7ccc8c9ccccc9n(-c9ccccn9)c8c7)cc6n(-c6ncncn6)c5c4)cc32)nc1. The van der Waals surface area contributed by atoms with E-state index in [4.69, 9.17) is 9.47 Å². The summed E-state index contributed by atoms with van der Waals surface area (Å²) in [5, 5.41) is 6.59. The average Bonchev–Trinajstić information content (AvgIpc) is 3.92. The molecule has 10 nitrogen and oxygen atoms in total. The van der Waals surface area contributed by atoms with E-state index in [-0.39, 0.29) is 0 Å². The summed E-state index contributed by atoms with van der Waals surface area (Å²) in [6.45, 7) is 0. The molecule has 12 aromatic rings. The van der Waals surface area contributed by atoms with Gasteiger partial charge < -0.3 is 9.47 Å². The standard InChI is InChI=1S/C49H30N8O2/c1-3-11-41-35(9-1)37-19-15-31(25-43(37)55(41)47-13-5-7-23-51-47)58-33-17-21-39-40-22-18-34(28-46(40)57(45(39)27-33)49-53-29-50-30-54-49)59-32-16-20-38-36-10-2-4-12-42(36)56(44(38)26-32)48-14-6-8-24-52-48/h1-30H. The van der Waals surface area contributed by atoms with E-state index in [1.165, 1.54) is 12.7 Å². The Bertz CT molecular complexity index is 3340. The van der Waals surface area contributed by atoms with Crippen LogP contribution in [0.25, 0.3) is 83.0 Å². The van der Waals surface area contributed by atoms with Crippen LogP contribution in [0, 0.1) is 0 Å². The summed E-state index contributed by atoms with van der Waals surface area (Å²) in [5.41, 5.74) is 5.94. The van der Waals surface area contributed by atoms with E-state index in [1.807, 2.05) is 89.8 Å². The lowest BCUT2D eigenvalue weighted by molar-refractivity contribution is 0.484. The molecule has 0 aliphatic carbocycles. The largest absolute Gasteiger partial charge is 0.457 e. The molecular weight excluding hydrogens is 733 g/mol. The number of benzene rings is 6. The van der Waals surface area contributed by atoms with Crippen LogP contribution in [0.4, 0.5) is 0 Å². The first kappa shape index (κ1) is 32.8. The highest BCUT2D eigenvalue weighted by atomic mass is 16.5. The van der Waals surface area contributed by atoms with Gasteiger partial charge in [-0.25, -0.2) is 24.9 Å². The fraction of sp³-hybridized carbons (Fsp3) is 0. The van der Waals surface area contributed by atoms with E-state index in [1.54, 1.807) is 0 Å². The van der Waals surface area contributed by atoms with Crippen molar-refractivity contribution >= 4 is 65.4 Å². The van der Waals surface area contributed by atoms with E-state index in [2.05, 4.69) is 119 Å². The molecule has 0 bridgehead atoms. The molecule has 0 aliphatic rings. The lowest BCUT2D eigenvalue weighted by Crippen LogP contribution is -2.01. The summed E-state index contributed by atoms with van der Waals surface area (Å²) >= 11 is 0. The maximum Gasteiger partial charge on any atom is 0.237 e. The zero-order valence-electron chi connectivity index (χ0n) is 31.2. The molecule has 6 aromatic carbocycles. The molecule has 0 saturated carbocycles. The molecular formula is C49H30N8O2. The number of ether oxygens (including phenoxy) is 2. The minimum atomic E-state index is 0.483. The van der Waals surface area contributed by atoms with Crippen molar-refractivity contribution in [2.75, 3.05) is 0 Å². The van der Waals surface area contributed by atoms with Crippen molar-refractivity contribution in [3.05, 3.63) is 183 Å². The predicted molar refractivity (Wildman–Crippen MR) is 231 cm³/mol. The third kappa shape index (κ3) is 5.31. The molecule has 0 fully saturated rings. The van der Waals surface area contributed by atoms with Crippen molar-refractivity contribution in [2.24, 2.45) is 0 Å². The second kappa shape index (κ2) is 13.1. The van der Waals surface area contributed by atoms with Gasteiger partial charge in [0.1, 0.15) is 47.3 Å². The van der Waals surface area contributed by atoms with Crippen LogP contribution in [-0.4, -0.2) is 38.6 Å². The lowest BCUT2D eigenvalue weighted by Gasteiger charge is -2.10. The Morgan fingerprint density at radius 2 is 0.695 bits per heavy atom. The van der Waals surface area contributed by atoms with Gasteiger partial charge in [0.25, 0.3) is 0 Å². The van der Waals surface area contributed by atoms with Crippen molar-refractivity contribution < 1.29 is 9.47 Å². The minimum Gasteiger partial charge on any atom is -0.457 e. The van der Waals surface area contributed by atoms with Crippen LogP contribution in [0.3, 0.4) is 0 Å². The van der Waals surface area contributed by atoms with Crippen molar-refractivity contribution in [3.63, 3.8) is 0 Å². The Kier molecular flexibility index (Phi) is 7.29. The summed E-state index contributed by atoms with van der Waals surface area (Å²) in [6.07, 6.45) is 6.64. The molecule has 59 heavy (non-hydrogen) atoms. The molecule has 10 heteroatoms. The molecule has 0 spiro atoms. The first-order valence-electron chi connectivity index (χ1n) is 19.2. The number of fused-ring (bicyclic) bond motifs is 9. The van der Waals surface area contributed by atoms with Gasteiger partial charge in [-0.05, 0) is 84.9 Å². The number of rotatable bonds is 7. The monoisotopic (exact) mass is 762 g/mol. The number of aromatic nitrogens is 8. The van der Waals surface area contributed by atoms with Crippen molar-refractivity contribution in [1.29, 1.82) is 0 Å². The second-order valence-corrected chi connectivity index (χ2v) is 14.3. The number of nitrogens with zero attached hydrogens (tertiary/aromatic N) is 8. The fourth-order valence-electron chi connectivity index (χ4n) is 8.43. The molecule has 0 atom stereocenters. The van der Waals surface area contributed by atoms with E-state index >= 15 is 0 Å². The lowest BCUT2D eigenvalue weighted by atomic mass is 10.1. The second-order valence-electron chi connectivity index (χ2n) is 14.3. The first-order chi connectivity index (χ1) is 29.2. The summed E-state index contributed by atoms with van der Waals surface area (Å²) in [6, 6.07) is 53.3. The zero-order valence-corrected chi connectivity index (χ0v) is 31.2. The van der Waals surface area contributed by atoms with Crippen LogP contribution < -0.4 is 9.47 Å². The topological polar surface area (TPSA) is 97.7 Å². The highest BCUT2D eigenvalue weighted by Gasteiger charge is 2.19. The quantitative estimate of drug-likeness (QED) is 0.159. The first-order valence-corrected chi connectivity index (χ1v) is 19.2. The van der Waals surface area contributed by atoms with Crippen molar-refractivity contribution in [3.8, 4) is 40.6 Å². The number of hydrogen-bond donors (Lipinski definition) is 0. The third-order valence-electron chi connectivity index (χ3n) is 10.9. The molecule has 6 aromatic heterocycles. The highest BCUT2D eigenvalue weighted by molar-refractivity contribution is 6.11. The van der Waals surface area contributed by atoms with Crippen LogP contribution in [-0.2, 0) is 0 Å². The Hall–Kier alpha value is -8.37. The molecule has 0 N–H and O–H groups in total. The van der Waals surface area contributed by atoms with E-state index in [9.17, 15) is 0 Å². The summed E-state index contributed by atoms with van der Waals surface area (Å²) in [7, 11) is 0. The van der Waals surface area contributed by atoms with Gasteiger partial charge >= 0.3 is 0 Å². The van der Waals surface area contributed by atoms with Gasteiger partial charge in [0.15, 0.2) is 0 Å². The normalized spacial score (nSPS) is 11.7. The number of para-hydroxylation sites is 2. The molecule has 0 aliphatic heterocycles. The molecule has 12 rings (SSSR count). The minimum absolute atomic E-state index is 0.483. The molecule has 278 valence electrons. The van der Waals surface area contributed by atoms with Gasteiger partial charge in [-0.1, -0.05) is 48.5 Å². The predicted octanol–water partition coefficient (Wildman–Crippen LogP) is 11.5. The molecule has 0 saturated heterocycles. The van der Waals surface area contributed by atoms with E-state index in [0.29, 0.717) is 28.9 Å². The Labute approximate surface area is 335 Å². The fourth-order valence-corrected chi connectivity index (χ4v) is 8.43. The third-order valence-corrected chi connectivity index (χ3v) is 10.9. The molecule has 0 unspecified atom stereocenters. The van der Waals surface area contributed by atoms with Crippen LogP contribution in [0.1, 0.15) is 0 Å². The van der Waals surface area contributed by atoms with Gasteiger partial charge in [-0.15, -0.1) is 0 Å². The maximum atomic E-state index is 6.64. The molecule has 0 amide bonds.